The first-order chi connectivity index (χ1) is 21.3. The first kappa shape index (κ1) is 28.9. The van der Waals surface area contributed by atoms with Crippen molar-refractivity contribution in [2.75, 3.05) is 24.3 Å². The molecule has 44 heavy (non-hydrogen) atoms. The van der Waals surface area contributed by atoms with Gasteiger partial charge in [-0.2, -0.15) is 0 Å². The standard InChI is InChI=1S/C34H34N6O4/c1-21-18-24(12-13-28(21)38-33(41)30-22(2)39(3)40(34(30)42)25-9-5-4-6-10-25)31-32(35)36-20-29(37-31)23-8-7-11-27(19-23)44-26-14-16-43-17-15-26/h4-13,18-20,26H,14-17H2,1-3H3,(H2,35,36)(H,38,41). The van der Waals surface area contributed by atoms with Crippen LogP contribution in [-0.2, 0) is 11.8 Å². The SMILES string of the molecule is Cc1cc(-c2nc(-c3cccc(OC4CCOCC4)c3)cnc2N)ccc1NC(=O)c1c(C)n(C)n(-c2ccccc2)c1=O. The van der Waals surface area contributed by atoms with Gasteiger partial charge in [-0.25, -0.2) is 14.6 Å². The molecule has 0 saturated carbocycles. The number of hydrogen-bond acceptors (Lipinski definition) is 7. The lowest BCUT2D eigenvalue weighted by Crippen LogP contribution is -2.25. The number of ether oxygens (including phenoxy) is 2. The highest BCUT2D eigenvalue weighted by atomic mass is 16.5. The zero-order chi connectivity index (χ0) is 30.8. The van der Waals surface area contributed by atoms with Gasteiger partial charge in [0.25, 0.3) is 11.5 Å². The highest BCUT2D eigenvalue weighted by Gasteiger charge is 2.23. The summed E-state index contributed by atoms with van der Waals surface area (Å²) in [7, 11) is 1.76. The molecule has 1 amide bonds. The average molecular weight is 591 g/mol. The molecule has 3 aromatic carbocycles. The fourth-order valence-corrected chi connectivity index (χ4v) is 5.43. The molecule has 5 aromatic rings. The van der Waals surface area contributed by atoms with E-state index in [1.807, 2.05) is 73.7 Å². The number of carbonyl (C=O) groups excluding carboxylic acids is 1. The van der Waals surface area contributed by atoms with Gasteiger partial charge in [-0.1, -0.05) is 36.4 Å². The van der Waals surface area contributed by atoms with Crippen LogP contribution in [0.2, 0.25) is 0 Å². The quantitative estimate of drug-likeness (QED) is 0.263. The van der Waals surface area contributed by atoms with Gasteiger partial charge in [0.15, 0.2) is 0 Å². The zero-order valence-corrected chi connectivity index (χ0v) is 24.9. The number of benzene rings is 3. The molecule has 1 aliphatic rings. The van der Waals surface area contributed by atoms with Crippen LogP contribution in [0.25, 0.3) is 28.2 Å². The predicted molar refractivity (Wildman–Crippen MR) is 170 cm³/mol. The molecule has 10 nitrogen and oxygen atoms in total. The predicted octanol–water partition coefficient (Wildman–Crippen LogP) is 5.31. The van der Waals surface area contributed by atoms with E-state index >= 15 is 0 Å². The van der Waals surface area contributed by atoms with E-state index in [1.54, 1.807) is 30.9 Å². The van der Waals surface area contributed by atoms with Crippen LogP contribution in [0.4, 0.5) is 11.5 Å². The van der Waals surface area contributed by atoms with Crippen LogP contribution in [0.3, 0.4) is 0 Å². The van der Waals surface area contributed by atoms with Crippen molar-refractivity contribution in [1.82, 2.24) is 19.3 Å². The third-order valence-electron chi connectivity index (χ3n) is 7.93. The highest BCUT2D eigenvalue weighted by Crippen LogP contribution is 2.31. The van der Waals surface area contributed by atoms with Crippen molar-refractivity contribution < 1.29 is 14.3 Å². The van der Waals surface area contributed by atoms with E-state index in [0.717, 1.165) is 35.3 Å². The number of para-hydroxylation sites is 1. The molecular formula is C34H34N6O4. The summed E-state index contributed by atoms with van der Waals surface area (Å²) in [5.41, 5.74) is 11.4. The highest BCUT2D eigenvalue weighted by molar-refractivity contribution is 6.05. The zero-order valence-electron chi connectivity index (χ0n) is 24.9. The van der Waals surface area contributed by atoms with E-state index < -0.39 is 5.91 Å². The Bertz CT molecular complexity index is 1890. The summed E-state index contributed by atoms with van der Waals surface area (Å²) in [4.78, 5) is 36.0. The average Bonchev–Trinajstić information content (AvgIpc) is 3.26. The molecule has 2 aromatic heterocycles. The van der Waals surface area contributed by atoms with Crippen LogP contribution in [0, 0.1) is 13.8 Å². The van der Waals surface area contributed by atoms with E-state index in [1.165, 1.54) is 4.68 Å². The van der Waals surface area contributed by atoms with Crippen molar-refractivity contribution in [3.63, 3.8) is 0 Å². The van der Waals surface area contributed by atoms with Gasteiger partial charge in [-0.05, 0) is 55.8 Å². The topological polar surface area (TPSA) is 126 Å². The van der Waals surface area contributed by atoms with Crippen LogP contribution < -0.4 is 21.3 Å². The van der Waals surface area contributed by atoms with Gasteiger partial charge in [-0.15, -0.1) is 0 Å². The van der Waals surface area contributed by atoms with E-state index in [-0.39, 0.29) is 17.2 Å². The molecule has 0 bridgehead atoms. The molecule has 224 valence electrons. The summed E-state index contributed by atoms with van der Waals surface area (Å²) < 4.78 is 14.8. The van der Waals surface area contributed by atoms with Crippen LogP contribution in [-0.4, -0.2) is 44.6 Å². The Hall–Kier alpha value is -5.22. The van der Waals surface area contributed by atoms with E-state index in [4.69, 9.17) is 20.2 Å². The van der Waals surface area contributed by atoms with Gasteiger partial charge in [0.2, 0.25) is 0 Å². The third kappa shape index (κ3) is 5.71. The second-order valence-electron chi connectivity index (χ2n) is 10.9. The Labute approximate surface area is 255 Å². The monoisotopic (exact) mass is 590 g/mol. The number of aryl methyl sites for hydroxylation is 1. The molecule has 1 aliphatic heterocycles. The van der Waals surface area contributed by atoms with Crippen LogP contribution in [0.1, 0.15) is 34.5 Å². The molecule has 6 rings (SSSR count). The number of nitrogens with zero attached hydrogens (tertiary/aromatic N) is 4. The summed E-state index contributed by atoms with van der Waals surface area (Å²) in [5, 5.41) is 2.92. The maximum absolute atomic E-state index is 13.4. The molecule has 0 unspecified atom stereocenters. The van der Waals surface area contributed by atoms with E-state index in [9.17, 15) is 9.59 Å². The number of hydrogen-bond donors (Lipinski definition) is 2. The summed E-state index contributed by atoms with van der Waals surface area (Å²) in [6, 6.07) is 22.5. The number of anilines is 2. The van der Waals surface area contributed by atoms with Crippen molar-refractivity contribution in [3.8, 4) is 34.0 Å². The smallest absolute Gasteiger partial charge is 0.284 e. The summed E-state index contributed by atoms with van der Waals surface area (Å²) in [5.74, 6) is 0.591. The van der Waals surface area contributed by atoms with E-state index in [0.29, 0.717) is 47.5 Å². The summed E-state index contributed by atoms with van der Waals surface area (Å²) in [6.07, 6.45) is 3.51. The normalized spacial score (nSPS) is 13.5. The Balaban J connectivity index is 1.24. The second-order valence-corrected chi connectivity index (χ2v) is 10.9. The van der Waals surface area contributed by atoms with Gasteiger partial charge in [0, 0.05) is 36.7 Å². The van der Waals surface area contributed by atoms with Gasteiger partial charge >= 0.3 is 0 Å². The van der Waals surface area contributed by atoms with Gasteiger partial charge in [0.05, 0.1) is 36.5 Å². The molecule has 3 N–H and O–H groups in total. The maximum atomic E-state index is 13.4. The minimum absolute atomic E-state index is 0.0886. The number of rotatable bonds is 7. The fourth-order valence-electron chi connectivity index (χ4n) is 5.43. The maximum Gasteiger partial charge on any atom is 0.284 e. The molecule has 1 fully saturated rings. The number of aromatic nitrogens is 4. The number of carbonyl (C=O) groups is 1. The third-order valence-corrected chi connectivity index (χ3v) is 7.93. The number of nitrogen functional groups attached to an aromatic ring is 1. The summed E-state index contributed by atoms with van der Waals surface area (Å²) in [6.45, 7) is 5.05. The van der Waals surface area contributed by atoms with Gasteiger partial charge < -0.3 is 20.5 Å². The molecule has 0 radical (unpaired) electrons. The molecule has 3 heterocycles. The van der Waals surface area contributed by atoms with Crippen LogP contribution in [0.15, 0.2) is 83.8 Å². The Morgan fingerprint density at radius 1 is 1.00 bits per heavy atom. The number of nitrogens with two attached hydrogens (primary N) is 1. The van der Waals surface area contributed by atoms with Crippen molar-refractivity contribution >= 4 is 17.4 Å². The first-order valence-electron chi connectivity index (χ1n) is 14.5. The molecule has 1 saturated heterocycles. The van der Waals surface area contributed by atoms with Crippen LogP contribution in [0.5, 0.6) is 5.75 Å². The van der Waals surface area contributed by atoms with Gasteiger partial charge in [-0.3, -0.25) is 14.3 Å². The number of nitrogens with one attached hydrogen (secondary N) is 1. The molecule has 0 aliphatic carbocycles. The van der Waals surface area contributed by atoms with Crippen molar-refractivity contribution in [2.24, 2.45) is 7.05 Å². The van der Waals surface area contributed by atoms with Crippen molar-refractivity contribution in [2.45, 2.75) is 32.8 Å². The fraction of sp³-hybridized carbons (Fsp3) is 0.235. The Morgan fingerprint density at radius 3 is 2.52 bits per heavy atom. The van der Waals surface area contributed by atoms with Gasteiger partial charge in [0.1, 0.15) is 28.9 Å². The lowest BCUT2D eigenvalue weighted by atomic mass is 10.1. The van der Waals surface area contributed by atoms with Crippen LogP contribution >= 0.6 is 0 Å². The lowest BCUT2D eigenvalue weighted by molar-refractivity contribution is 0.0256. The lowest BCUT2D eigenvalue weighted by Gasteiger charge is -2.23. The molecule has 0 spiro atoms. The molecule has 0 atom stereocenters. The Kier molecular flexibility index (Phi) is 7.99. The van der Waals surface area contributed by atoms with Crippen molar-refractivity contribution in [1.29, 1.82) is 0 Å². The van der Waals surface area contributed by atoms with E-state index in [2.05, 4.69) is 10.3 Å². The minimum atomic E-state index is -0.474. The molecule has 10 heteroatoms. The Morgan fingerprint density at radius 2 is 1.77 bits per heavy atom. The molecular weight excluding hydrogens is 556 g/mol. The largest absolute Gasteiger partial charge is 0.490 e. The number of amides is 1. The second kappa shape index (κ2) is 12.2. The summed E-state index contributed by atoms with van der Waals surface area (Å²) >= 11 is 0. The minimum Gasteiger partial charge on any atom is -0.490 e. The van der Waals surface area contributed by atoms with Crippen molar-refractivity contribution in [3.05, 3.63) is 106 Å². The first-order valence-corrected chi connectivity index (χ1v) is 14.5.